The summed E-state index contributed by atoms with van der Waals surface area (Å²) in [7, 11) is 3.10. The largest absolute Gasteiger partial charge is 0.497 e. The fourth-order valence-electron chi connectivity index (χ4n) is 2.79. The number of rotatable bonds is 4. The minimum Gasteiger partial charge on any atom is -0.497 e. The molecule has 5 heteroatoms. The third kappa shape index (κ3) is 3.56. The monoisotopic (exact) mass is 324 g/mol. The van der Waals surface area contributed by atoms with Crippen LogP contribution in [-0.4, -0.2) is 25.8 Å². The molecular weight excluding hydrogens is 304 g/mol. The average molecular weight is 324 g/mol. The molecule has 24 heavy (non-hydrogen) atoms. The Labute approximate surface area is 141 Å². The van der Waals surface area contributed by atoms with Crippen molar-refractivity contribution in [3.05, 3.63) is 59.2 Å². The molecule has 0 aromatic heterocycles. The SMILES string of the molecule is COc1cc(OC)cc(C(=O)N/N=C2/CCc3ccccc3C2)c1. The molecule has 0 fully saturated rings. The highest BCUT2D eigenvalue weighted by Crippen LogP contribution is 2.22. The maximum atomic E-state index is 12.3. The lowest BCUT2D eigenvalue weighted by Gasteiger charge is -2.17. The van der Waals surface area contributed by atoms with Crippen molar-refractivity contribution in [1.29, 1.82) is 0 Å². The van der Waals surface area contributed by atoms with Crippen molar-refractivity contribution in [3.63, 3.8) is 0 Å². The van der Waals surface area contributed by atoms with E-state index in [9.17, 15) is 4.79 Å². The number of ether oxygens (including phenoxy) is 2. The second kappa shape index (κ2) is 7.17. The van der Waals surface area contributed by atoms with Gasteiger partial charge in [0.05, 0.1) is 14.2 Å². The Balaban J connectivity index is 1.72. The normalized spacial score (nSPS) is 14.8. The van der Waals surface area contributed by atoms with Crippen LogP contribution in [0.1, 0.15) is 27.9 Å². The molecule has 5 nitrogen and oxygen atoms in total. The average Bonchev–Trinajstić information content (AvgIpc) is 2.65. The molecule has 0 saturated heterocycles. The van der Waals surface area contributed by atoms with Crippen LogP contribution in [0, 0.1) is 0 Å². The van der Waals surface area contributed by atoms with E-state index in [1.807, 2.05) is 6.07 Å². The number of nitrogens with zero attached hydrogens (tertiary/aromatic N) is 1. The number of hydrogen-bond donors (Lipinski definition) is 1. The summed E-state index contributed by atoms with van der Waals surface area (Å²) in [5.41, 5.74) is 6.71. The molecule has 0 spiro atoms. The third-order valence-corrected chi connectivity index (χ3v) is 4.13. The standard InChI is InChI=1S/C19H20N2O3/c1-23-17-10-15(11-18(12-17)24-2)19(22)21-20-16-8-7-13-5-3-4-6-14(13)9-16/h3-6,10-12H,7-9H2,1-2H3,(H,21,22)/b20-16-. The maximum absolute atomic E-state index is 12.3. The van der Waals surface area contributed by atoms with E-state index in [1.54, 1.807) is 32.4 Å². The first-order valence-corrected chi connectivity index (χ1v) is 7.85. The van der Waals surface area contributed by atoms with E-state index in [0.717, 1.165) is 25.0 Å². The second-order valence-electron chi connectivity index (χ2n) is 5.67. The molecule has 1 N–H and O–H groups in total. The molecule has 2 aromatic rings. The van der Waals surface area contributed by atoms with Gasteiger partial charge >= 0.3 is 0 Å². The predicted molar refractivity (Wildman–Crippen MR) is 92.9 cm³/mol. The Hall–Kier alpha value is -2.82. The van der Waals surface area contributed by atoms with Crippen molar-refractivity contribution in [2.75, 3.05) is 14.2 Å². The molecule has 2 aromatic carbocycles. The van der Waals surface area contributed by atoms with E-state index in [0.29, 0.717) is 17.1 Å². The topological polar surface area (TPSA) is 59.9 Å². The molecule has 3 rings (SSSR count). The van der Waals surface area contributed by atoms with Gasteiger partial charge in [0, 0.05) is 23.8 Å². The van der Waals surface area contributed by atoms with E-state index in [2.05, 4.69) is 28.7 Å². The molecular formula is C19H20N2O3. The van der Waals surface area contributed by atoms with Gasteiger partial charge in [-0.05, 0) is 36.1 Å². The Morgan fingerprint density at radius 2 is 1.67 bits per heavy atom. The highest BCUT2D eigenvalue weighted by molar-refractivity contribution is 5.96. The number of carbonyl (C=O) groups excluding carboxylic acids is 1. The molecule has 0 unspecified atom stereocenters. The van der Waals surface area contributed by atoms with Crippen LogP contribution in [0.4, 0.5) is 0 Å². The summed E-state index contributed by atoms with van der Waals surface area (Å²) in [6.45, 7) is 0. The Morgan fingerprint density at radius 1 is 1.00 bits per heavy atom. The highest BCUT2D eigenvalue weighted by atomic mass is 16.5. The quantitative estimate of drug-likeness (QED) is 0.880. The molecule has 0 radical (unpaired) electrons. The van der Waals surface area contributed by atoms with Gasteiger partial charge in [-0.25, -0.2) is 5.43 Å². The first-order valence-electron chi connectivity index (χ1n) is 7.85. The molecule has 0 saturated carbocycles. The van der Waals surface area contributed by atoms with Gasteiger partial charge in [-0.3, -0.25) is 4.79 Å². The summed E-state index contributed by atoms with van der Waals surface area (Å²) in [6.07, 6.45) is 2.59. The van der Waals surface area contributed by atoms with Gasteiger partial charge in [-0.1, -0.05) is 24.3 Å². The minimum atomic E-state index is -0.279. The molecule has 1 aliphatic rings. The van der Waals surface area contributed by atoms with E-state index in [-0.39, 0.29) is 5.91 Å². The molecule has 0 aliphatic heterocycles. The van der Waals surface area contributed by atoms with Crippen LogP contribution >= 0.6 is 0 Å². The number of fused-ring (bicyclic) bond motifs is 1. The zero-order chi connectivity index (χ0) is 16.9. The summed E-state index contributed by atoms with van der Waals surface area (Å²) < 4.78 is 10.4. The molecule has 124 valence electrons. The second-order valence-corrected chi connectivity index (χ2v) is 5.67. The molecule has 1 aliphatic carbocycles. The lowest BCUT2D eigenvalue weighted by molar-refractivity contribution is 0.0954. The van der Waals surface area contributed by atoms with Crippen molar-refractivity contribution < 1.29 is 14.3 Å². The van der Waals surface area contributed by atoms with E-state index < -0.39 is 0 Å². The van der Waals surface area contributed by atoms with Crippen LogP contribution in [0.5, 0.6) is 11.5 Å². The third-order valence-electron chi connectivity index (χ3n) is 4.13. The van der Waals surface area contributed by atoms with Crippen LogP contribution in [0.2, 0.25) is 0 Å². The number of carbonyl (C=O) groups is 1. The lowest BCUT2D eigenvalue weighted by atomic mass is 9.90. The number of aryl methyl sites for hydroxylation is 1. The first-order chi connectivity index (χ1) is 11.7. The molecule has 0 heterocycles. The van der Waals surface area contributed by atoms with Crippen molar-refractivity contribution >= 4 is 11.6 Å². The number of benzene rings is 2. The van der Waals surface area contributed by atoms with Gasteiger partial charge in [-0.2, -0.15) is 5.10 Å². The summed E-state index contributed by atoms with van der Waals surface area (Å²) in [5.74, 6) is 0.857. The Morgan fingerprint density at radius 3 is 2.33 bits per heavy atom. The van der Waals surface area contributed by atoms with Gasteiger partial charge < -0.3 is 9.47 Å². The molecule has 0 bridgehead atoms. The number of amides is 1. The highest BCUT2D eigenvalue weighted by Gasteiger charge is 2.14. The lowest BCUT2D eigenvalue weighted by Crippen LogP contribution is -2.22. The zero-order valence-electron chi connectivity index (χ0n) is 13.8. The van der Waals surface area contributed by atoms with Gasteiger partial charge in [0.1, 0.15) is 11.5 Å². The number of methoxy groups -OCH3 is 2. The van der Waals surface area contributed by atoms with Crippen molar-refractivity contribution in [2.24, 2.45) is 5.10 Å². The summed E-state index contributed by atoms with van der Waals surface area (Å²) in [4.78, 5) is 12.3. The summed E-state index contributed by atoms with van der Waals surface area (Å²) in [5, 5.41) is 4.30. The fraction of sp³-hybridized carbons (Fsp3) is 0.263. The number of hydrazone groups is 1. The van der Waals surface area contributed by atoms with Crippen molar-refractivity contribution in [1.82, 2.24) is 5.43 Å². The zero-order valence-corrected chi connectivity index (χ0v) is 13.8. The summed E-state index contributed by atoms with van der Waals surface area (Å²) in [6, 6.07) is 13.4. The van der Waals surface area contributed by atoms with Crippen LogP contribution in [0.25, 0.3) is 0 Å². The van der Waals surface area contributed by atoms with Gasteiger partial charge in [0.25, 0.3) is 5.91 Å². The smallest absolute Gasteiger partial charge is 0.271 e. The van der Waals surface area contributed by atoms with Gasteiger partial charge in [0.2, 0.25) is 0 Å². The van der Waals surface area contributed by atoms with E-state index >= 15 is 0 Å². The fourth-order valence-corrected chi connectivity index (χ4v) is 2.79. The van der Waals surface area contributed by atoms with Crippen molar-refractivity contribution in [2.45, 2.75) is 19.3 Å². The first kappa shape index (κ1) is 16.1. The molecule has 0 atom stereocenters. The predicted octanol–water partition coefficient (Wildman–Crippen LogP) is 2.98. The van der Waals surface area contributed by atoms with E-state index in [1.165, 1.54) is 11.1 Å². The number of hydrogen-bond acceptors (Lipinski definition) is 4. The van der Waals surface area contributed by atoms with Crippen LogP contribution in [-0.2, 0) is 12.8 Å². The molecule has 1 amide bonds. The Bertz CT molecular complexity index is 762. The maximum Gasteiger partial charge on any atom is 0.271 e. The van der Waals surface area contributed by atoms with Crippen LogP contribution in [0.3, 0.4) is 0 Å². The Kier molecular flexibility index (Phi) is 4.79. The summed E-state index contributed by atoms with van der Waals surface area (Å²) >= 11 is 0. The van der Waals surface area contributed by atoms with Crippen molar-refractivity contribution in [3.8, 4) is 11.5 Å². The minimum absolute atomic E-state index is 0.279. The van der Waals surface area contributed by atoms with Gasteiger partial charge in [-0.15, -0.1) is 0 Å². The van der Waals surface area contributed by atoms with E-state index in [4.69, 9.17) is 9.47 Å². The van der Waals surface area contributed by atoms with Crippen LogP contribution in [0.15, 0.2) is 47.6 Å². The number of nitrogens with one attached hydrogen (secondary N) is 1. The van der Waals surface area contributed by atoms with Gasteiger partial charge in [0.15, 0.2) is 0 Å². The van der Waals surface area contributed by atoms with Crippen LogP contribution < -0.4 is 14.9 Å².